The average Bonchev–Trinajstić information content (AvgIpc) is 2.58. The number of carbonyl (C=O) groups is 2. The van der Waals surface area contributed by atoms with Gasteiger partial charge in [-0.25, -0.2) is 5.10 Å². The molecule has 164 valence electrons. The number of hydrogen-bond acceptors (Lipinski definition) is 7. The summed E-state index contributed by atoms with van der Waals surface area (Å²) in [7, 11) is 0. The van der Waals surface area contributed by atoms with Gasteiger partial charge in [0.05, 0.1) is 5.69 Å². The van der Waals surface area contributed by atoms with E-state index in [1.54, 1.807) is 12.1 Å². The molecule has 8 heteroatoms. The summed E-state index contributed by atoms with van der Waals surface area (Å²) in [6, 6.07) is 8.50. The first-order chi connectivity index (χ1) is 13.8. The molecule has 0 fully saturated rings. The molecule has 1 atom stereocenters. The van der Waals surface area contributed by atoms with Gasteiger partial charge in [0.15, 0.2) is 0 Å². The number of hydrogen-bond donors (Lipinski definition) is 2. The first-order valence-corrected chi connectivity index (χ1v) is 9.60. The van der Waals surface area contributed by atoms with E-state index in [0.29, 0.717) is 17.0 Å². The van der Waals surface area contributed by atoms with Crippen molar-refractivity contribution in [2.24, 2.45) is 5.73 Å². The summed E-state index contributed by atoms with van der Waals surface area (Å²) in [5, 5.41) is 6.40. The monoisotopic (exact) mass is 417 g/mol. The van der Waals surface area contributed by atoms with Crippen LogP contribution < -0.4 is 16.0 Å². The summed E-state index contributed by atoms with van der Waals surface area (Å²) in [4.78, 5) is 33.7. The lowest BCUT2D eigenvalue weighted by Crippen LogP contribution is -2.26. The zero-order valence-corrected chi connectivity index (χ0v) is 18.4. The number of aryl methyl sites for hydroxylation is 1. The maximum absolute atomic E-state index is 11.3. The smallest absolute Gasteiger partial charge is 0.303 e. The van der Waals surface area contributed by atoms with Crippen molar-refractivity contribution in [3.05, 3.63) is 46.2 Å². The van der Waals surface area contributed by atoms with E-state index in [1.165, 1.54) is 19.9 Å². The van der Waals surface area contributed by atoms with E-state index in [0.717, 1.165) is 5.56 Å². The normalized spacial score (nSPS) is 11.7. The van der Waals surface area contributed by atoms with Gasteiger partial charge in [0, 0.05) is 30.5 Å². The molecule has 0 aliphatic carbocycles. The Morgan fingerprint density at radius 1 is 1.17 bits per heavy atom. The molecule has 30 heavy (non-hydrogen) atoms. The number of esters is 1. The van der Waals surface area contributed by atoms with Crippen molar-refractivity contribution in [2.45, 2.75) is 59.6 Å². The first-order valence-electron chi connectivity index (χ1n) is 9.60. The molecule has 2 aromatic rings. The Morgan fingerprint density at radius 3 is 2.30 bits per heavy atom. The topological polar surface area (TPSA) is 124 Å². The van der Waals surface area contributed by atoms with Gasteiger partial charge < -0.3 is 15.2 Å². The Bertz CT molecular complexity index is 873. The summed E-state index contributed by atoms with van der Waals surface area (Å²) in [5.41, 5.74) is 7.30. The molecule has 0 saturated heterocycles. The fraction of sp³-hybridized carbons (Fsp3) is 0.455. The number of nitrogens with one attached hydrogen (secondary N) is 1. The van der Waals surface area contributed by atoms with Gasteiger partial charge in [0.25, 0.3) is 5.56 Å². The molecule has 0 amide bonds. The molecule has 2 rings (SSSR count). The third-order valence-corrected chi connectivity index (χ3v) is 3.36. The van der Waals surface area contributed by atoms with E-state index in [2.05, 4.69) is 10.2 Å². The number of aromatic amines is 1. The van der Waals surface area contributed by atoms with E-state index in [1.807, 2.05) is 39.8 Å². The van der Waals surface area contributed by atoms with Gasteiger partial charge in [-0.2, -0.15) is 5.10 Å². The Hall–Kier alpha value is -3.00. The number of rotatable bonds is 7. The lowest BCUT2D eigenvalue weighted by molar-refractivity contribution is -0.149. The Labute approximate surface area is 176 Å². The number of nitrogens with two attached hydrogens (primary N) is 1. The Kier molecular flexibility index (Phi) is 9.39. The molecule has 1 aromatic heterocycles. The predicted molar refractivity (Wildman–Crippen MR) is 115 cm³/mol. The average molecular weight is 418 g/mol. The summed E-state index contributed by atoms with van der Waals surface area (Å²) in [5.74, 6) is -0.0478. The molecule has 3 N–H and O–H groups in total. The van der Waals surface area contributed by atoms with Crippen LogP contribution in [0.3, 0.4) is 0 Å². The van der Waals surface area contributed by atoms with Crippen molar-refractivity contribution in [3.8, 4) is 17.0 Å². The largest absolute Gasteiger partial charge is 0.489 e. The fourth-order valence-corrected chi connectivity index (χ4v) is 2.34. The van der Waals surface area contributed by atoms with Gasteiger partial charge in [-0.3, -0.25) is 14.4 Å². The van der Waals surface area contributed by atoms with Crippen molar-refractivity contribution in [3.63, 3.8) is 0 Å². The molecule has 1 unspecified atom stereocenters. The number of ketones is 1. The Morgan fingerprint density at radius 2 is 1.80 bits per heavy atom. The summed E-state index contributed by atoms with van der Waals surface area (Å²) in [6.45, 7) is 10.6. The molecule has 1 heterocycles. The van der Waals surface area contributed by atoms with Crippen molar-refractivity contribution in [2.75, 3.05) is 6.61 Å². The third kappa shape index (κ3) is 10.5. The SMILES string of the molecule is CC(=O)CC(COc1ccc(C)cc1-c1ccc(=O)[nH]n1)OC(C)=O.CC(C)(C)N. The van der Waals surface area contributed by atoms with Crippen LogP contribution in [0.1, 0.15) is 46.6 Å². The standard InChI is InChI=1S/C18H20N2O5.C4H11N/c1-11-4-6-17(15(8-11)16-5-7-18(23)20-19-16)24-10-14(9-12(2)21)25-13(3)22;1-4(2,3)5/h4-8,14H,9-10H2,1-3H3,(H,20,23);5H2,1-3H3. The minimum absolute atomic E-state index is 0. The molecule has 8 nitrogen and oxygen atoms in total. The highest BCUT2D eigenvalue weighted by atomic mass is 16.6. The first kappa shape index (κ1) is 25.0. The maximum Gasteiger partial charge on any atom is 0.303 e. The number of benzene rings is 1. The quantitative estimate of drug-likeness (QED) is 0.664. The van der Waals surface area contributed by atoms with E-state index in [4.69, 9.17) is 15.2 Å². The van der Waals surface area contributed by atoms with Crippen LogP contribution in [-0.2, 0) is 14.3 Å². The van der Waals surface area contributed by atoms with Gasteiger partial charge in [0.1, 0.15) is 24.2 Å². The van der Waals surface area contributed by atoms with Crippen molar-refractivity contribution in [1.29, 1.82) is 0 Å². The molecule has 0 aliphatic rings. The molecule has 1 aromatic carbocycles. The number of nitrogens with zero attached hydrogens (tertiary/aromatic N) is 1. The molecule has 0 bridgehead atoms. The number of H-pyrrole nitrogens is 1. The zero-order chi connectivity index (χ0) is 22.9. The van der Waals surface area contributed by atoms with E-state index in [9.17, 15) is 14.4 Å². The molecule has 0 radical (unpaired) electrons. The van der Waals surface area contributed by atoms with E-state index >= 15 is 0 Å². The second-order valence-electron chi connectivity index (χ2n) is 8.12. The van der Waals surface area contributed by atoms with Gasteiger partial charge in [0.2, 0.25) is 0 Å². The highest BCUT2D eigenvalue weighted by Crippen LogP contribution is 2.29. The minimum atomic E-state index is -0.660. The highest BCUT2D eigenvalue weighted by molar-refractivity contribution is 5.76. The maximum atomic E-state index is 11.3. The van der Waals surface area contributed by atoms with Gasteiger partial charge in [-0.1, -0.05) is 11.6 Å². The molecule has 0 aliphatic heterocycles. The predicted octanol–water partition coefficient (Wildman–Crippen LogP) is 2.78. The molecule has 0 saturated carbocycles. The molecular weight excluding hydrogens is 386 g/mol. The number of ether oxygens (including phenoxy) is 2. The highest BCUT2D eigenvalue weighted by Gasteiger charge is 2.17. The third-order valence-electron chi connectivity index (χ3n) is 3.36. The lowest BCUT2D eigenvalue weighted by Gasteiger charge is -2.18. The van der Waals surface area contributed by atoms with E-state index < -0.39 is 12.1 Å². The summed E-state index contributed by atoms with van der Waals surface area (Å²) < 4.78 is 10.9. The second-order valence-corrected chi connectivity index (χ2v) is 8.12. The van der Waals surface area contributed by atoms with Gasteiger partial charge in [-0.05, 0) is 52.8 Å². The van der Waals surface area contributed by atoms with Gasteiger partial charge in [-0.15, -0.1) is 0 Å². The van der Waals surface area contributed by atoms with Crippen LogP contribution in [0.5, 0.6) is 5.75 Å². The van der Waals surface area contributed by atoms with Crippen LogP contribution in [0.15, 0.2) is 35.1 Å². The summed E-state index contributed by atoms with van der Waals surface area (Å²) in [6.07, 6.45) is -0.579. The van der Waals surface area contributed by atoms with Crippen molar-refractivity contribution in [1.82, 2.24) is 10.2 Å². The van der Waals surface area contributed by atoms with Crippen LogP contribution in [0.4, 0.5) is 0 Å². The van der Waals surface area contributed by atoms with E-state index in [-0.39, 0.29) is 29.9 Å². The molecular formula is C22H31N3O5. The van der Waals surface area contributed by atoms with Crippen LogP contribution in [0.2, 0.25) is 0 Å². The zero-order valence-electron chi connectivity index (χ0n) is 18.4. The van der Waals surface area contributed by atoms with Crippen molar-refractivity contribution < 1.29 is 19.1 Å². The number of carbonyl (C=O) groups excluding carboxylic acids is 2. The van der Waals surface area contributed by atoms with Crippen LogP contribution in [0.25, 0.3) is 11.3 Å². The van der Waals surface area contributed by atoms with Crippen LogP contribution in [0, 0.1) is 6.92 Å². The van der Waals surface area contributed by atoms with Gasteiger partial charge >= 0.3 is 5.97 Å². The second kappa shape index (κ2) is 11.3. The van der Waals surface area contributed by atoms with Crippen LogP contribution >= 0.6 is 0 Å². The number of aromatic nitrogens is 2. The number of Topliss-reactive ketones (excluding diaryl/α,β-unsaturated/α-hetero) is 1. The van der Waals surface area contributed by atoms with Crippen molar-refractivity contribution >= 4 is 11.8 Å². The Balaban J connectivity index is 0.000000804. The lowest BCUT2D eigenvalue weighted by atomic mass is 10.1. The summed E-state index contributed by atoms with van der Waals surface area (Å²) >= 11 is 0. The minimum Gasteiger partial charge on any atom is -0.489 e. The van der Waals surface area contributed by atoms with Crippen LogP contribution in [-0.4, -0.2) is 40.2 Å². The molecule has 0 spiro atoms. The fourth-order valence-electron chi connectivity index (χ4n) is 2.34.